The zero-order chi connectivity index (χ0) is 25.8. The van der Waals surface area contributed by atoms with Gasteiger partial charge in [-0.05, 0) is 54.8 Å². The van der Waals surface area contributed by atoms with Crippen molar-refractivity contribution in [2.75, 3.05) is 18.4 Å². The second-order valence-electron chi connectivity index (χ2n) is 9.28. The summed E-state index contributed by atoms with van der Waals surface area (Å²) < 4.78 is 38.7. The lowest BCUT2D eigenvalue weighted by Crippen LogP contribution is -2.44. The smallest absolute Gasteiger partial charge is 0.349 e. The number of carbonyl (C=O) groups excluding carboxylic acids is 1. The first-order valence-corrected chi connectivity index (χ1v) is 12.3. The summed E-state index contributed by atoms with van der Waals surface area (Å²) in [5, 5.41) is 6.94. The molecule has 0 bridgehead atoms. The van der Waals surface area contributed by atoms with Crippen molar-refractivity contribution in [3.8, 4) is 0 Å². The van der Waals surface area contributed by atoms with E-state index in [9.17, 15) is 18.0 Å². The van der Waals surface area contributed by atoms with Crippen LogP contribution in [0.2, 0.25) is 0 Å². The predicted molar refractivity (Wildman–Crippen MR) is 139 cm³/mol. The van der Waals surface area contributed by atoms with Crippen molar-refractivity contribution in [2.24, 2.45) is 0 Å². The third-order valence-electron chi connectivity index (χ3n) is 6.62. The summed E-state index contributed by atoms with van der Waals surface area (Å²) in [5.74, 6) is 0.205. The minimum atomic E-state index is -4.40. The molecule has 1 amide bonds. The number of benzene rings is 3. The highest BCUT2D eigenvalue weighted by Crippen LogP contribution is 2.31. The van der Waals surface area contributed by atoms with Crippen LogP contribution in [0, 0.1) is 0 Å². The normalized spacial score (nSPS) is 15.0. The molecule has 5 nitrogen and oxygen atoms in total. The summed E-state index contributed by atoms with van der Waals surface area (Å²) in [6.07, 6.45) is -2.68. The molecule has 1 aliphatic heterocycles. The minimum absolute atomic E-state index is 0.0674. The molecule has 1 fully saturated rings. The zero-order valence-corrected chi connectivity index (χ0v) is 20.1. The minimum Gasteiger partial charge on any atom is -0.349 e. The molecule has 190 valence electrons. The number of nitrogens with zero attached hydrogens (tertiary/aromatic N) is 2. The SMILES string of the molecule is O=C(NC1CCN(Cc2ccccc2)CC1)c1cc(Nc2ccc(C(F)(F)F)cc2)nc2ccccc12. The van der Waals surface area contributed by atoms with Crippen LogP contribution in [0.1, 0.15) is 34.3 Å². The van der Waals surface area contributed by atoms with E-state index in [1.165, 1.54) is 17.7 Å². The monoisotopic (exact) mass is 504 g/mol. The van der Waals surface area contributed by atoms with Crippen molar-refractivity contribution in [1.82, 2.24) is 15.2 Å². The number of fused-ring (bicyclic) bond motifs is 1. The van der Waals surface area contributed by atoms with Crippen LogP contribution in [0.3, 0.4) is 0 Å². The lowest BCUT2D eigenvalue weighted by Gasteiger charge is -2.32. The van der Waals surface area contributed by atoms with Crippen molar-refractivity contribution >= 4 is 28.3 Å². The van der Waals surface area contributed by atoms with Gasteiger partial charge in [0.1, 0.15) is 5.82 Å². The van der Waals surface area contributed by atoms with Gasteiger partial charge in [-0.3, -0.25) is 9.69 Å². The molecule has 0 spiro atoms. The van der Waals surface area contributed by atoms with Gasteiger partial charge in [0.15, 0.2) is 0 Å². The molecule has 37 heavy (non-hydrogen) atoms. The van der Waals surface area contributed by atoms with Crippen LogP contribution in [0.4, 0.5) is 24.7 Å². The molecule has 0 radical (unpaired) electrons. The Morgan fingerprint density at radius 2 is 1.59 bits per heavy atom. The first kappa shape index (κ1) is 24.8. The third-order valence-corrected chi connectivity index (χ3v) is 6.62. The topological polar surface area (TPSA) is 57.3 Å². The predicted octanol–water partition coefficient (Wildman–Crippen LogP) is 6.39. The van der Waals surface area contributed by atoms with E-state index in [0.29, 0.717) is 22.6 Å². The van der Waals surface area contributed by atoms with Crippen LogP contribution in [-0.2, 0) is 12.7 Å². The van der Waals surface area contributed by atoms with E-state index < -0.39 is 11.7 Å². The maximum absolute atomic E-state index is 13.4. The quantitative estimate of drug-likeness (QED) is 0.319. The Morgan fingerprint density at radius 1 is 0.919 bits per heavy atom. The second kappa shape index (κ2) is 10.6. The van der Waals surface area contributed by atoms with Crippen LogP contribution < -0.4 is 10.6 Å². The van der Waals surface area contributed by atoms with Crippen LogP contribution in [0.25, 0.3) is 10.9 Å². The lowest BCUT2D eigenvalue weighted by atomic mass is 10.0. The Bertz CT molecular complexity index is 1370. The van der Waals surface area contributed by atoms with Gasteiger partial charge in [0.05, 0.1) is 16.6 Å². The Hall–Kier alpha value is -3.91. The van der Waals surface area contributed by atoms with Crippen LogP contribution in [-0.4, -0.2) is 34.9 Å². The molecule has 2 N–H and O–H groups in total. The van der Waals surface area contributed by atoms with Crippen LogP contribution in [0.15, 0.2) is 84.9 Å². The molecule has 1 aromatic heterocycles. The molecular formula is C29H27F3N4O. The second-order valence-corrected chi connectivity index (χ2v) is 9.28. The number of likely N-dealkylation sites (tertiary alicyclic amines) is 1. The number of piperidine rings is 1. The van der Waals surface area contributed by atoms with Gasteiger partial charge in [-0.25, -0.2) is 4.98 Å². The van der Waals surface area contributed by atoms with E-state index in [2.05, 4.69) is 32.7 Å². The number of hydrogen-bond acceptors (Lipinski definition) is 4. The number of rotatable bonds is 6. The zero-order valence-electron chi connectivity index (χ0n) is 20.1. The third kappa shape index (κ3) is 6.09. The number of aromatic nitrogens is 1. The molecule has 1 saturated heterocycles. The van der Waals surface area contributed by atoms with E-state index in [1.807, 2.05) is 42.5 Å². The fourth-order valence-corrected chi connectivity index (χ4v) is 4.66. The Labute approximate surface area is 213 Å². The lowest BCUT2D eigenvalue weighted by molar-refractivity contribution is -0.137. The number of amides is 1. The molecule has 1 aliphatic rings. The number of anilines is 2. The molecule has 5 rings (SSSR count). The number of alkyl halides is 3. The number of halogens is 3. The first-order valence-electron chi connectivity index (χ1n) is 12.3. The van der Waals surface area contributed by atoms with Gasteiger partial charge in [0.25, 0.3) is 5.91 Å². The van der Waals surface area contributed by atoms with Gasteiger partial charge in [-0.1, -0.05) is 48.5 Å². The number of nitrogens with one attached hydrogen (secondary N) is 2. The molecule has 0 unspecified atom stereocenters. The molecule has 2 heterocycles. The Kier molecular flexibility index (Phi) is 7.10. The van der Waals surface area contributed by atoms with Crippen molar-refractivity contribution in [3.05, 3.63) is 102 Å². The summed E-state index contributed by atoms with van der Waals surface area (Å²) in [7, 11) is 0. The Morgan fingerprint density at radius 3 is 2.30 bits per heavy atom. The molecule has 3 aromatic carbocycles. The average molecular weight is 505 g/mol. The maximum atomic E-state index is 13.4. The van der Waals surface area contributed by atoms with Gasteiger partial charge in [0, 0.05) is 36.7 Å². The van der Waals surface area contributed by atoms with Crippen molar-refractivity contribution < 1.29 is 18.0 Å². The van der Waals surface area contributed by atoms with Gasteiger partial charge in [0.2, 0.25) is 0 Å². The van der Waals surface area contributed by atoms with E-state index in [4.69, 9.17) is 0 Å². The van der Waals surface area contributed by atoms with E-state index in [1.54, 1.807) is 6.07 Å². The Balaban J connectivity index is 1.28. The molecule has 8 heteroatoms. The van der Waals surface area contributed by atoms with E-state index >= 15 is 0 Å². The molecule has 4 aromatic rings. The van der Waals surface area contributed by atoms with Gasteiger partial charge >= 0.3 is 6.18 Å². The fourth-order valence-electron chi connectivity index (χ4n) is 4.66. The number of pyridine rings is 1. The first-order chi connectivity index (χ1) is 17.8. The highest BCUT2D eigenvalue weighted by atomic mass is 19.4. The summed E-state index contributed by atoms with van der Waals surface area (Å²) in [4.78, 5) is 20.3. The highest BCUT2D eigenvalue weighted by molar-refractivity contribution is 6.07. The standard InChI is InChI=1S/C29H27F3N4O/c30-29(31,32)21-10-12-22(13-11-21)33-27-18-25(24-8-4-5-9-26(24)35-27)28(37)34-23-14-16-36(17-15-23)19-20-6-2-1-3-7-20/h1-13,18,23H,14-17,19H2,(H,33,35)(H,34,37). The van der Waals surface area contributed by atoms with Crippen molar-refractivity contribution in [2.45, 2.75) is 31.6 Å². The van der Waals surface area contributed by atoms with Crippen LogP contribution >= 0.6 is 0 Å². The fraction of sp³-hybridized carbons (Fsp3) is 0.241. The number of carbonyl (C=O) groups is 1. The summed E-state index contributed by atoms with van der Waals surface area (Å²) in [6.45, 7) is 2.70. The van der Waals surface area contributed by atoms with Crippen molar-refractivity contribution in [1.29, 1.82) is 0 Å². The number of hydrogen-bond donors (Lipinski definition) is 2. The van der Waals surface area contributed by atoms with E-state index in [0.717, 1.165) is 50.0 Å². The van der Waals surface area contributed by atoms with E-state index in [-0.39, 0.29) is 11.9 Å². The molecule has 0 atom stereocenters. The largest absolute Gasteiger partial charge is 0.416 e. The summed E-state index contributed by atoms with van der Waals surface area (Å²) in [6, 6.07) is 24.1. The molecule has 0 saturated carbocycles. The van der Waals surface area contributed by atoms with Gasteiger partial charge in [-0.15, -0.1) is 0 Å². The van der Waals surface area contributed by atoms with Gasteiger partial charge in [-0.2, -0.15) is 13.2 Å². The molecular weight excluding hydrogens is 477 g/mol. The maximum Gasteiger partial charge on any atom is 0.416 e. The average Bonchev–Trinajstić information content (AvgIpc) is 2.90. The summed E-state index contributed by atoms with van der Waals surface area (Å²) >= 11 is 0. The van der Waals surface area contributed by atoms with Crippen LogP contribution in [0.5, 0.6) is 0 Å². The highest BCUT2D eigenvalue weighted by Gasteiger charge is 2.30. The molecule has 0 aliphatic carbocycles. The van der Waals surface area contributed by atoms with Crippen molar-refractivity contribution in [3.63, 3.8) is 0 Å². The number of para-hydroxylation sites is 1. The summed E-state index contributed by atoms with van der Waals surface area (Å²) in [5.41, 5.74) is 2.11. The van der Waals surface area contributed by atoms with Gasteiger partial charge < -0.3 is 10.6 Å².